The Morgan fingerprint density at radius 1 is 0.694 bits per heavy atom. The molecule has 36 heavy (non-hydrogen) atoms. The van der Waals surface area contributed by atoms with Crippen molar-refractivity contribution in [2.45, 2.75) is 48.4 Å². The number of carbonyl (C=O) groups is 1. The van der Waals surface area contributed by atoms with E-state index < -0.39 is 60.0 Å². The Hall–Kier alpha value is -2.65. The summed E-state index contributed by atoms with van der Waals surface area (Å²) < 4.78 is 225. The molecule has 5 nitrogen and oxygen atoms in total. The molecule has 1 amide bonds. The molecule has 0 spiro atoms. The van der Waals surface area contributed by atoms with Gasteiger partial charge in [-0.25, -0.2) is 0 Å². The number of alkyl halides is 17. The molecule has 0 radical (unpaired) electrons. The Labute approximate surface area is 185 Å². The Bertz CT molecular complexity index is 929. The molecule has 0 aliphatic rings. The topological polar surface area (TPSA) is 60.5 Å². The fourth-order valence-corrected chi connectivity index (χ4v) is 1.81. The number of halogens is 17. The number of hydrogen-bond donors (Lipinski definition) is 1. The number of nitrogens with zero attached hydrogens (tertiary/aromatic N) is 1. The highest BCUT2D eigenvalue weighted by Crippen LogP contribution is 2.56. The highest BCUT2D eigenvalue weighted by molar-refractivity contribution is 5.96. The molecule has 0 aliphatic carbocycles. The fraction of sp³-hybridized carbons (Fsp3) is 0.571. The molecule has 208 valence electrons. The lowest BCUT2D eigenvalue weighted by molar-refractivity contribution is -0.548. The highest BCUT2D eigenvalue weighted by atomic mass is 19.4. The highest BCUT2D eigenvalue weighted by Gasteiger charge is 2.85. The van der Waals surface area contributed by atoms with Gasteiger partial charge in [0.05, 0.1) is 11.9 Å². The predicted octanol–water partition coefficient (Wildman–Crippen LogP) is 5.89. The van der Waals surface area contributed by atoms with E-state index in [2.05, 4.69) is 4.98 Å². The van der Waals surface area contributed by atoms with Gasteiger partial charge in [0.1, 0.15) is 0 Å². The van der Waals surface area contributed by atoms with Crippen molar-refractivity contribution in [2.24, 2.45) is 0 Å². The van der Waals surface area contributed by atoms with Crippen LogP contribution in [0.15, 0.2) is 24.5 Å². The summed E-state index contributed by atoms with van der Waals surface area (Å²) in [6.07, 6.45) is -37.3. The third-order valence-electron chi connectivity index (χ3n) is 3.57. The summed E-state index contributed by atoms with van der Waals surface area (Å²) in [5.74, 6) is -26.3. The van der Waals surface area contributed by atoms with Crippen molar-refractivity contribution in [1.29, 1.82) is 0 Å². The molecule has 0 saturated carbocycles. The fourth-order valence-electron chi connectivity index (χ4n) is 1.81. The van der Waals surface area contributed by atoms with E-state index in [-0.39, 0.29) is 0 Å². The van der Waals surface area contributed by atoms with Gasteiger partial charge in [-0.2, -0.15) is 74.6 Å². The van der Waals surface area contributed by atoms with Gasteiger partial charge in [0.15, 0.2) is 0 Å². The standard InChI is InChI=1S/C14H5F17N2O3/c15-7(10(19,20)21,6(34)33-5-2-1-3-32-4-5)35-14(30,31)9(18,12(25,26)27)36-13(28,29)8(16,17)11(22,23)24/h1-4H,(H,33,34)/t7-,9-/m1/s1. The van der Waals surface area contributed by atoms with E-state index >= 15 is 0 Å². The third kappa shape index (κ3) is 5.52. The summed E-state index contributed by atoms with van der Waals surface area (Å²) in [6.45, 7) is 0. The number of nitrogens with one attached hydrogen (secondary N) is 1. The second-order valence-electron chi connectivity index (χ2n) is 6.19. The summed E-state index contributed by atoms with van der Waals surface area (Å²) in [5, 5.41) is 0.778. The molecule has 2 atom stereocenters. The van der Waals surface area contributed by atoms with E-state index in [1.165, 1.54) is 4.74 Å². The quantitative estimate of drug-likeness (QED) is 0.395. The van der Waals surface area contributed by atoms with E-state index in [1.54, 1.807) is 0 Å². The first-order valence-corrected chi connectivity index (χ1v) is 7.99. The first-order valence-electron chi connectivity index (χ1n) is 7.99. The first-order chi connectivity index (χ1) is 15.7. The molecular formula is C14H5F17N2O3. The molecule has 22 heteroatoms. The molecule has 0 aromatic carbocycles. The maximum Gasteiger partial charge on any atom is 0.462 e. The minimum Gasteiger partial charge on any atom is -0.319 e. The van der Waals surface area contributed by atoms with Gasteiger partial charge in [-0.15, -0.1) is 0 Å². The van der Waals surface area contributed by atoms with Gasteiger partial charge in [-0.05, 0) is 12.1 Å². The summed E-state index contributed by atoms with van der Waals surface area (Å²) in [7, 11) is 0. The van der Waals surface area contributed by atoms with Crippen LogP contribution in [0.1, 0.15) is 0 Å². The lowest BCUT2D eigenvalue weighted by atomic mass is 10.2. The lowest BCUT2D eigenvalue weighted by Crippen LogP contribution is -2.68. The van der Waals surface area contributed by atoms with Crippen molar-refractivity contribution in [1.82, 2.24) is 4.98 Å². The maximum absolute atomic E-state index is 14.3. The van der Waals surface area contributed by atoms with Crippen LogP contribution < -0.4 is 5.32 Å². The minimum absolute atomic E-state index is 0.380. The molecule has 1 rings (SSSR count). The van der Waals surface area contributed by atoms with Gasteiger partial charge >= 0.3 is 48.4 Å². The normalized spacial score (nSPS) is 17.8. The maximum atomic E-state index is 14.3. The number of rotatable bonds is 8. The van der Waals surface area contributed by atoms with Crippen LogP contribution >= 0.6 is 0 Å². The van der Waals surface area contributed by atoms with Crippen LogP contribution in [-0.4, -0.2) is 59.3 Å². The van der Waals surface area contributed by atoms with Crippen molar-refractivity contribution in [3.63, 3.8) is 0 Å². The Morgan fingerprint density at radius 2 is 1.19 bits per heavy atom. The molecule has 1 heterocycles. The average Bonchev–Trinajstić information content (AvgIpc) is 2.65. The van der Waals surface area contributed by atoms with E-state index in [0.29, 0.717) is 12.3 Å². The zero-order valence-electron chi connectivity index (χ0n) is 15.9. The Morgan fingerprint density at radius 3 is 1.56 bits per heavy atom. The van der Waals surface area contributed by atoms with Gasteiger partial charge in [0, 0.05) is 6.20 Å². The largest absolute Gasteiger partial charge is 0.462 e. The molecule has 0 fully saturated rings. The van der Waals surface area contributed by atoms with Crippen LogP contribution in [0.5, 0.6) is 0 Å². The minimum atomic E-state index is -8.06. The second-order valence-corrected chi connectivity index (χ2v) is 6.19. The summed E-state index contributed by atoms with van der Waals surface area (Å²) in [6, 6.07) is 1.36. The first kappa shape index (κ1) is 31.4. The van der Waals surface area contributed by atoms with Crippen molar-refractivity contribution < 1.29 is 88.9 Å². The van der Waals surface area contributed by atoms with Crippen LogP contribution in [0.4, 0.5) is 80.3 Å². The number of pyridine rings is 1. The second kappa shape index (κ2) is 9.03. The zero-order valence-corrected chi connectivity index (χ0v) is 15.9. The van der Waals surface area contributed by atoms with Crippen molar-refractivity contribution in [3.8, 4) is 0 Å². The van der Waals surface area contributed by atoms with E-state index in [4.69, 9.17) is 0 Å². The van der Waals surface area contributed by atoms with Crippen LogP contribution in [0.25, 0.3) is 0 Å². The third-order valence-corrected chi connectivity index (χ3v) is 3.57. The van der Waals surface area contributed by atoms with E-state index in [0.717, 1.165) is 17.6 Å². The molecule has 0 bridgehead atoms. The van der Waals surface area contributed by atoms with Crippen LogP contribution in [0.3, 0.4) is 0 Å². The summed E-state index contributed by atoms with van der Waals surface area (Å²) in [5.41, 5.74) is -1.00. The van der Waals surface area contributed by atoms with E-state index in [9.17, 15) is 79.4 Å². The zero-order chi connectivity index (χ0) is 28.8. The molecule has 0 saturated heterocycles. The molecule has 1 aromatic heterocycles. The van der Waals surface area contributed by atoms with Gasteiger partial charge in [0.2, 0.25) is 0 Å². The molecule has 1 aromatic rings. The molecule has 1 N–H and O–H groups in total. The van der Waals surface area contributed by atoms with Gasteiger partial charge < -0.3 is 5.32 Å². The smallest absolute Gasteiger partial charge is 0.319 e. The van der Waals surface area contributed by atoms with Gasteiger partial charge in [-0.1, -0.05) is 0 Å². The number of amides is 1. The van der Waals surface area contributed by atoms with Crippen molar-refractivity contribution in [2.75, 3.05) is 5.32 Å². The van der Waals surface area contributed by atoms with Crippen molar-refractivity contribution in [3.05, 3.63) is 24.5 Å². The number of carbonyl (C=O) groups excluding carboxylic acids is 1. The van der Waals surface area contributed by atoms with Gasteiger partial charge in [-0.3, -0.25) is 19.3 Å². The molecular weight excluding hydrogens is 567 g/mol. The monoisotopic (exact) mass is 572 g/mol. The Kier molecular flexibility index (Phi) is 7.87. The Balaban J connectivity index is 3.61. The molecule has 0 aliphatic heterocycles. The summed E-state index contributed by atoms with van der Waals surface area (Å²) >= 11 is 0. The molecule has 0 unspecified atom stereocenters. The summed E-state index contributed by atoms with van der Waals surface area (Å²) in [4.78, 5) is 14.7. The SMILES string of the molecule is O=C(Nc1cccnc1)[C@@](F)(OC(F)(F)[C@](F)(OC(F)(F)C(F)(F)C(F)(F)F)C(F)(F)F)C(F)(F)F. The van der Waals surface area contributed by atoms with Crippen LogP contribution in [0, 0.1) is 0 Å². The van der Waals surface area contributed by atoms with Crippen molar-refractivity contribution >= 4 is 11.6 Å². The van der Waals surface area contributed by atoms with E-state index in [1.807, 2.05) is 4.74 Å². The number of ether oxygens (including phenoxy) is 2. The number of aromatic nitrogens is 1. The van der Waals surface area contributed by atoms with Crippen LogP contribution in [-0.2, 0) is 14.3 Å². The predicted molar refractivity (Wildman–Crippen MR) is 75.7 cm³/mol. The number of hydrogen-bond acceptors (Lipinski definition) is 4. The van der Waals surface area contributed by atoms with Gasteiger partial charge in [0.25, 0.3) is 5.91 Å². The van der Waals surface area contributed by atoms with Crippen LogP contribution in [0.2, 0.25) is 0 Å². The lowest BCUT2D eigenvalue weighted by Gasteiger charge is -2.40. The average molecular weight is 572 g/mol. The number of anilines is 1.